The number of carbonyl (C=O) groups is 4. The summed E-state index contributed by atoms with van der Waals surface area (Å²) in [5.74, 6) is -3.32. The van der Waals surface area contributed by atoms with Gasteiger partial charge in [0.05, 0.1) is 11.6 Å². The molecule has 0 fully saturated rings. The second-order valence-electron chi connectivity index (χ2n) is 7.84. The van der Waals surface area contributed by atoms with Crippen LogP contribution in [0, 0.1) is 0 Å². The minimum Gasteiger partial charge on any atom is -0.478 e. The summed E-state index contributed by atoms with van der Waals surface area (Å²) in [4.78, 5) is 48.7. The van der Waals surface area contributed by atoms with Gasteiger partial charge < -0.3 is 26.6 Å². The van der Waals surface area contributed by atoms with Crippen molar-refractivity contribution in [2.75, 3.05) is 0 Å². The van der Waals surface area contributed by atoms with Crippen molar-refractivity contribution in [3.8, 4) is 0 Å². The molecule has 9 heteroatoms. The minimum absolute atomic E-state index is 0.0138. The molecule has 3 rings (SSSR count). The number of amides is 3. The zero-order valence-electron chi connectivity index (χ0n) is 18.6. The van der Waals surface area contributed by atoms with Crippen molar-refractivity contribution < 1.29 is 29.4 Å². The van der Waals surface area contributed by atoms with Gasteiger partial charge in [0.1, 0.15) is 6.04 Å². The normalized spacial score (nSPS) is 13.2. The minimum atomic E-state index is -1.73. The van der Waals surface area contributed by atoms with Crippen LogP contribution in [-0.2, 0) is 16.0 Å². The van der Waals surface area contributed by atoms with Crippen LogP contribution in [0.25, 0.3) is 0 Å². The molecule has 0 heterocycles. The molecule has 3 amide bonds. The van der Waals surface area contributed by atoms with Gasteiger partial charge in [-0.15, -0.1) is 0 Å². The van der Waals surface area contributed by atoms with Crippen molar-refractivity contribution in [3.05, 3.63) is 107 Å². The first-order valence-electron chi connectivity index (χ1n) is 10.8. The molecule has 9 nitrogen and oxygen atoms in total. The fourth-order valence-corrected chi connectivity index (χ4v) is 3.47. The number of aliphatic hydroxyl groups excluding tert-OH is 1. The number of nitrogens with one attached hydrogen (secondary N) is 2. The topological polar surface area (TPSA) is 159 Å². The highest BCUT2D eigenvalue weighted by Gasteiger charge is 2.31. The van der Waals surface area contributed by atoms with E-state index >= 15 is 0 Å². The van der Waals surface area contributed by atoms with E-state index in [0.717, 1.165) is 0 Å². The Hall–Kier alpha value is -4.50. The van der Waals surface area contributed by atoms with Gasteiger partial charge in [-0.3, -0.25) is 14.4 Å². The average molecular weight is 476 g/mol. The van der Waals surface area contributed by atoms with E-state index in [1.54, 1.807) is 60.7 Å². The molecule has 0 spiro atoms. The Morgan fingerprint density at radius 2 is 1.34 bits per heavy atom. The Kier molecular flexibility index (Phi) is 8.31. The maximum absolute atomic E-state index is 12.9. The maximum atomic E-state index is 12.9. The summed E-state index contributed by atoms with van der Waals surface area (Å²) in [6.07, 6.45) is -1.75. The number of hydrogen-bond acceptors (Lipinski definition) is 5. The first-order valence-corrected chi connectivity index (χ1v) is 10.8. The van der Waals surface area contributed by atoms with Gasteiger partial charge in [0.15, 0.2) is 6.10 Å². The second-order valence-corrected chi connectivity index (χ2v) is 7.84. The van der Waals surface area contributed by atoms with E-state index in [1.807, 2.05) is 0 Å². The Bertz CT molecular complexity index is 1180. The first-order chi connectivity index (χ1) is 16.8. The lowest BCUT2D eigenvalue weighted by atomic mass is 9.99. The summed E-state index contributed by atoms with van der Waals surface area (Å²) >= 11 is 0. The van der Waals surface area contributed by atoms with Gasteiger partial charge in [-0.2, -0.15) is 0 Å². The molecule has 0 aliphatic heterocycles. The Morgan fingerprint density at radius 1 is 0.771 bits per heavy atom. The fraction of sp³-hybridized carbons (Fsp3) is 0.154. The van der Waals surface area contributed by atoms with Gasteiger partial charge in [0.2, 0.25) is 5.91 Å². The molecule has 0 unspecified atom stereocenters. The molecule has 3 aromatic rings. The van der Waals surface area contributed by atoms with Crippen LogP contribution in [0.1, 0.15) is 37.9 Å². The first kappa shape index (κ1) is 25.1. The third-order valence-electron chi connectivity index (χ3n) is 5.37. The van der Waals surface area contributed by atoms with Crippen LogP contribution < -0.4 is 16.4 Å². The molecule has 0 aliphatic rings. The zero-order chi connectivity index (χ0) is 25.4. The predicted octanol–water partition coefficient (Wildman–Crippen LogP) is 1.43. The molecule has 0 bridgehead atoms. The number of aromatic carboxylic acids is 1. The molecule has 3 aromatic carbocycles. The van der Waals surface area contributed by atoms with E-state index in [0.29, 0.717) is 16.7 Å². The number of carbonyl (C=O) groups excluding carboxylic acids is 3. The molecule has 6 N–H and O–H groups in total. The van der Waals surface area contributed by atoms with Crippen LogP contribution in [0.5, 0.6) is 0 Å². The number of primary amides is 1. The summed E-state index contributed by atoms with van der Waals surface area (Å²) in [6, 6.07) is 20.3. The summed E-state index contributed by atoms with van der Waals surface area (Å²) < 4.78 is 0. The predicted molar refractivity (Wildman–Crippen MR) is 127 cm³/mol. The van der Waals surface area contributed by atoms with Gasteiger partial charge in [-0.05, 0) is 35.4 Å². The molecule has 3 atom stereocenters. The van der Waals surface area contributed by atoms with Crippen molar-refractivity contribution in [3.63, 3.8) is 0 Å². The molecular weight excluding hydrogens is 450 g/mol. The Morgan fingerprint density at radius 3 is 1.89 bits per heavy atom. The number of rotatable bonds is 10. The molecule has 0 saturated heterocycles. The molecule has 0 radical (unpaired) electrons. The lowest BCUT2D eigenvalue weighted by Gasteiger charge is -2.26. The Balaban J connectivity index is 1.77. The number of nitrogens with two attached hydrogens (primary N) is 1. The van der Waals surface area contributed by atoms with Crippen molar-refractivity contribution in [1.29, 1.82) is 0 Å². The van der Waals surface area contributed by atoms with Crippen molar-refractivity contribution in [1.82, 2.24) is 10.6 Å². The van der Waals surface area contributed by atoms with E-state index in [1.165, 1.54) is 24.3 Å². The number of aliphatic hydroxyl groups is 1. The fourth-order valence-electron chi connectivity index (χ4n) is 3.47. The highest BCUT2D eigenvalue weighted by atomic mass is 16.4. The molecule has 0 aliphatic carbocycles. The van der Waals surface area contributed by atoms with Crippen molar-refractivity contribution >= 4 is 23.7 Å². The highest BCUT2D eigenvalue weighted by molar-refractivity contribution is 5.95. The summed E-state index contributed by atoms with van der Waals surface area (Å²) in [5, 5.41) is 25.0. The number of carboxylic acid groups (broad SMARTS) is 1. The molecule has 180 valence electrons. The third kappa shape index (κ3) is 6.75. The number of carboxylic acids is 1. The third-order valence-corrected chi connectivity index (χ3v) is 5.37. The van der Waals surface area contributed by atoms with Crippen molar-refractivity contribution in [2.24, 2.45) is 5.73 Å². The van der Waals surface area contributed by atoms with Crippen LogP contribution in [0.3, 0.4) is 0 Å². The molecule has 0 aromatic heterocycles. The zero-order valence-corrected chi connectivity index (χ0v) is 18.6. The Labute approximate surface area is 201 Å². The number of benzene rings is 3. The van der Waals surface area contributed by atoms with Crippen LogP contribution in [-0.4, -0.2) is 46.0 Å². The number of hydrogen-bond donors (Lipinski definition) is 5. The SMILES string of the molecule is NC(=O)[C@@H](Cc1ccc(C(=O)O)cc1)NC(=O)[C@H](O)[C@@H](NC(=O)c1ccccc1)c1ccccc1. The largest absolute Gasteiger partial charge is 0.478 e. The molecular formula is C26H25N3O6. The monoisotopic (exact) mass is 475 g/mol. The van der Waals surface area contributed by atoms with E-state index in [2.05, 4.69) is 10.6 Å². The van der Waals surface area contributed by atoms with E-state index in [-0.39, 0.29) is 12.0 Å². The van der Waals surface area contributed by atoms with E-state index in [9.17, 15) is 24.3 Å². The molecule has 0 saturated carbocycles. The highest BCUT2D eigenvalue weighted by Crippen LogP contribution is 2.19. The quantitative estimate of drug-likeness (QED) is 0.298. The van der Waals surface area contributed by atoms with Gasteiger partial charge in [-0.25, -0.2) is 4.79 Å². The second kappa shape index (κ2) is 11.6. The lowest BCUT2D eigenvalue weighted by Crippen LogP contribution is -2.52. The van der Waals surface area contributed by atoms with Gasteiger partial charge in [0.25, 0.3) is 11.8 Å². The van der Waals surface area contributed by atoms with Crippen molar-refractivity contribution in [2.45, 2.75) is 24.6 Å². The standard InChI is InChI=1S/C26H25N3O6/c27-23(31)20(15-16-11-13-19(14-12-16)26(34)35)28-25(33)22(30)21(17-7-3-1-4-8-17)29-24(32)18-9-5-2-6-10-18/h1-14,20-22,30H,15H2,(H2,27,31)(H,28,33)(H,29,32)(H,34,35)/t20-,21+,22-/m1/s1. The van der Waals surface area contributed by atoms with Gasteiger partial charge in [-0.1, -0.05) is 60.7 Å². The van der Waals surface area contributed by atoms with Crippen LogP contribution in [0.4, 0.5) is 0 Å². The van der Waals surface area contributed by atoms with Crippen LogP contribution in [0.15, 0.2) is 84.9 Å². The summed E-state index contributed by atoms with van der Waals surface area (Å²) in [7, 11) is 0. The van der Waals surface area contributed by atoms with Gasteiger partial charge >= 0.3 is 5.97 Å². The van der Waals surface area contributed by atoms with Crippen LogP contribution in [0.2, 0.25) is 0 Å². The maximum Gasteiger partial charge on any atom is 0.335 e. The van der Waals surface area contributed by atoms with Crippen LogP contribution >= 0.6 is 0 Å². The summed E-state index contributed by atoms with van der Waals surface area (Å²) in [5.41, 5.74) is 6.92. The lowest BCUT2D eigenvalue weighted by molar-refractivity contribution is -0.134. The average Bonchev–Trinajstić information content (AvgIpc) is 2.87. The van der Waals surface area contributed by atoms with Gasteiger partial charge in [0, 0.05) is 12.0 Å². The summed E-state index contributed by atoms with van der Waals surface area (Å²) in [6.45, 7) is 0. The van der Waals surface area contributed by atoms with E-state index < -0.39 is 41.9 Å². The smallest absolute Gasteiger partial charge is 0.335 e. The molecule has 35 heavy (non-hydrogen) atoms. The van der Waals surface area contributed by atoms with E-state index in [4.69, 9.17) is 10.8 Å².